The van der Waals surface area contributed by atoms with Crippen molar-refractivity contribution in [1.82, 2.24) is 9.97 Å². The first-order valence-electron chi connectivity index (χ1n) is 3.99. The minimum atomic E-state index is -0.599. The number of hydrogen-bond acceptors (Lipinski definition) is 4. The Labute approximate surface area is 75.6 Å². The maximum Gasteiger partial charge on any atom is 0.250 e. The highest BCUT2D eigenvalue weighted by Gasteiger charge is 2.33. The van der Waals surface area contributed by atoms with Crippen molar-refractivity contribution in [2.45, 2.75) is 19.4 Å². The minimum absolute atomic E-state index is 0.0845. The van der Waals surface area contributed by atoms with Gasteiger partial charge in [-0.05, 0) is 13.8 Å². The largest absolute Gasteiger partial charge is 0.367 e. The van der Waals surface area contributed by atoms with Crippen molar-refractivity contribution in [2.24, 2.45) is 0 Å². The quantitative estimate of drug-likeness (QED) is 0.611. The van der Waals surface area contributed by atoms with Crippen LogP contribution in [0.15, 0.2) is 12.5 Å². The Bertz CT molecular complexity index is 361. The molecule has 13 heavy (non-hydrogen) atoms. The average Bonchev–Trinajstić information content (AvgIpc) is 2.06. The third kappa shape index (κ3) is 1.22. The van der Waals surface area contributed by atoms with E-state index in [0.29, 0.717) is 5.82 Å². The van der Waals surface area contributed by atoms with Gasteiger partial charge in [0.1, 0.15) is 11.9 Å². The van der Waals surface area contributed by atoms with E-state index in [1.165, 1.54) is 6.33 Å². The van der Waals surface area contributed by atoms with Crippen molar-refractivity contribution in [3.8, 4) is 0 Å². The number of nitrogens with one attached hydrogen (secondary N) is 2. The van der Waals surface area contributed by atoms with Gasteiger partial charge in [0, 0.05) is 0 Å². The average molecular weight is 178 g/mol. The summed E-state index contributed by atoms with van der Waals surface area (Å²) in [6.07, 6.45) is 3.04. The van der Waals surface area contributed by atoms with Crippen molar-refractivity contribution >= 4 is 17.4 Å². The van der Waals surface area contributed by atoms with Gasteiger partial charge in [0.2, 0.25) is 0 Å². The van der Waals surface area contributed by atoms with Gasteiger partial charge < -0.3 is 10.6 Å². The van der Waals surface area contributed by atoms with Crippen molar-refractivity contribution in [2.75, 3.05) is 10.6 Å². The Balaban J connectivity index is 2.44. The zero-order chi connectivity index (χ0) is 9.47. The summed E-state index contributed by atoms with van der Waals surface area (Å²) in [7, 11) is 0. The lowest BCUT2D eigenvalue weighted by atomic mass is 10.0. The van der Waals surface area contributed by atoms with Crippen LogP contribution in [0.5, 0.6) is 0 Å². The number of nitrogens with zero attached hydrogens (tertiary/aromatic N) is 2. The molecular weight excluding hydrogens is 168 g/mol. The normalized spacial score (nSPS) is 18.5. The molecule has 0 spiro atoms. The molecule has 68 valence electrons. The molecule has 0 bridgehead atoms. The van der Waals surface area contributed by atoms with E-state index in [2.05, 4.69) is 20.6 Å². The Morgan fingerprint density at radius 2 is 2.23 bits per heavy atom. The molecule has 0 aliphatic carbocycles. The van der Waals surface area contributed by atoms with E-state index < -0.39 is 5.54 Å². The van der Waals surface area contributed by atoms with Crippen LogP contribution >= 0.6 is 0 Å². The highest BCUT2D eigenvalue weighted by Crippen LogP contribution is 2.26. The lowest BCUT2D eigenvalue weighted by Gasteiger charge is -2.31. The molecule has 2 N–H and O–H groups in total. The molecule has 1 amide bonds. The van der Waals surface area contributed by atoms with Gasteiger partial charge in [-0.15, -0.1) is 0 Å². The van der Waals surface area contributed by atoms with Crippen LogP contribution < -0.4 is 10.6 Å². The lowest BCUT2D eigenvalue weighted by molar-refractivity contribution is -0.119. The third-order valence-electron chi connectivity index (χ3n) is 1.96. The number of carbonyl (C=O) groups is 1. The molecule has 0 saturated heterocycles. The Hall–Kier alpha value is -1.65. The van der Waals surface area contributed by atoms with Crippen molar-refractivity contribution in [3.05, 3.63) is 12.5 Å². The summed E-state index contributed by atoms with van der Waals surface area (Å²) in [5.41, 5.74) is 0.157. The molecule has 0 radical (unpaired) electrons. The van der Waals surface area contributed by atoms with E-state index in [0.717, 1.165) is 5.69 Å². The Kier molecular flexibility index (Phi) is 1.48. The van der Waals surface area contributed by atoms with Crippen LogP contribution in [0, 0.1) is 0 Å². The molecule has 0 fully saturated rings. The maximum absolute atomic E-state index is 11.4. The van der Waals surface area contributed by atoms with Crippen molar-refractivity contribution in [3.63, 3.8) is 0 Å². The van der Waals surface area contributed by atoms with Crippen LogP contribution in [-0.2, 0) is 4.79 Å². The first-order valence-corrected chi connectivity index (χ1v) is 3.99. The highest BCUT2D eigenvalue weighted by molar-refractivity contribution is 6.04. The number of anilines is 2. The molecule has 5 nitrogen and oxygen atoms in total. The zero-order valence-electron chi connectivity index (χ0n) is 7.46. The SMILES string of the molecule is CC1(C)Nc2cncnc2NC1=O. The second-order valence-electron chi connectivity index (χ2n) is 3.49. The molecule has 2 heterocycles. The molecule has 0 unspecified atom stereocenters. The topological polar surface area (TPSA) is 66.9 Å². The van der Waals surface area contributed by atoms with Gasteiger partial charge in [-0.3, -0.25) is 4.79 Å². The van der Waals surface area contributed by atoms with E-state index in [-0.39, 0.29) is 5.91 Å². The number of amides is 1. The number of aromatic nitrogens is 2. The maximum atomic E-state index is 11.4. The predicted octanol–water partition coefficient (Wildman–Crippen LogP) is 0.619. The number of hydrogen-bond donors (Lipinski definition) is 2. The molecule has 1 aliphatic heterocycles. The monoisotopic (exact) mass is 178 g/mol. The lowest BCUT2D eigenvalue weighted by Crippen LogP contribution is -2.47. The second kappa shape index (κ2) is 2.42. The summed E-state index contributed by atoms with van der Waals surface area (Å²) in [5.74, 6) is 0.457. The molecule has 5 heteroatoms. The van der Waals surface area contributed by atoms with Crippen LogP contribution in [0.4, 0.5) is 11.5 Å². The molecule has 1 aromatic rings. The molecule has 1 aliphatic rings. The highest BCUT2D eigenvalue weighted by atomic mass is 16.2. The molecule has 0 atom stereocenters. The van der Waals surface area contributed by atoms with Gasteiger partial charge in [0.25, 0.3) is 5.91 Å². The Morgan fingerprint density at radius 3 is 3.00 bits per heavy atom. The summed E-state index contributed by atoms with van der Waals surface area (Å²) in [5, 5.41) is 5.75. The smallest absolute Gasteiger partial charge is 0.250 e. The fourth-order valence-electron chi connectivity index (χ4n) is 1.18. The van der Waals surface area contributed by atoms with Gasteiger partial charge in [-0.2, -0.15) is 0 Å². The van der Waals surface area contributed by atoms with Gasteiger partial charge >= 0.3 is 0 Å². The summed E-state index contributed by atoms with van der Waals surface area (Å²) < 4.78 is 0. The number of fused-ring (bicyclic) bond motifs is 1. The molecule has 0 aromatic carbocycles. The molecule has 0 saturated carbocycles. The molecular formula is C8H10N4O. The van der Waals surface area contributed by atoms with Gasteiger partial charge in [0.05, 0.1) is 11.9 Å². The van der Waals surface area contributed by atoms with Gasteiger partial charge in [0.15, 0.2) is 5.82 Å². The van der Waals surface area contributed by atoms with E-state index >= 15 is 0 Å². The van der Waals surface area contributed by atoms with Crippen LogP contribution in [0.25, 0.3) is 0 Å². The van der Waals surface area contributed by atoms with E-state index in [4.69, 9.17) is 0 Å². The van der Waals surface area contributed by atoms with Crippen molar-refractivity contribution < 1.29 is 4.79 Å². The molecule has 2 rings (SSSR count). The number of carbonyl (C=O) groups excluding carboxylic acids is 1. The van der Waals surface area contributed by atoms with Crippen molar-refractivity contribution in [1.29, 1.82) is 0 Å². The Morgan fingerprint density at radius 1 is 1.46 bits per heavy atom. The third-order valence-corrected chi connectivity index (χ3v) is 1.96. The zero-order valence-corrected chi connectivity index (χ0v) is 7.46. The van der Waals surface area contributed by atoms with Crippen LogP contribution in [-0.4, -0.2) is 21.4 Å². The van der Waals surface area contributed by atoms with Crippen LogP contribution in [0.2, 0.25) is 0 Å². The van der Waals surface area contributed by atoms with Crippen LogP contribution in [0.3, 0.4) is 0 Å². The van der Waals surface area contributed by atoms with Crippen LogP contribution in [0.1, 0.15) is 13.8 Å². The molecule has 1 aromatic heterocycles. The first kappa shape index (κ1) is 7.97. The second-order valence-corrected chi connectivity index (χ2v) is 3.49. The first-order chi connectivity index (χ1) is 6.09. The van der Waals surface area contributed by atoms with Gasteiger partial charge in [-0.1, -0.05) is 0 Å². The number of rotatable bonds is 0. The minimum Gasteiger partial charge on any atom is -0.367 e. The summed E-state index contributed by atoms with van der Waals surface area (Å²) >= 11 is 0. The standard InChI is InChI=1S/C8H10N4O/c1-8(2)7(13)11-6-5(12-8)3-9-4-10-6/h3-4,12H,1-2H3,(H,9,10,11,13). The van der Waals surface area contributed by atoms with E-state index in [1.807, 2.05) is 0 Å². The fraction of sp³-hybridized carbons (Fsp3) is 0.375. The summed E-state index contributed by atoms with van der Waals surface area (Å²) in [4.78, 5) is 19.2. The van der Waals surface area contributed by atoms with Gasteiger partial charge in [-0.25, -0.2) is 9.97 Å². The summed E-state index contributed by atoms with van der Waals surface area (Å²) in [6.45, 7) is 3.61. The van der Waals surface area contributed by atoms with E-state index in [1.54, 1.807) is 20.0 Å². The fourth-order valence-corrected chi connectivity index (χ4v) is 1.18. The van der Waals surface area contributed by atoms with E-state index in [9.17, 15) is 4.79 Å². The summed E-state index contributed by atoms with van der Waals surface area (Å²) in [6, 6.07) is 0. The predicted molar refractivity (Wildman–Crippen MR) is 48.4 cm³/mol.